The summed E-state index contributed by atoms with van der Waals surface area (Å²) in [6.07, 6.45) is 0.134. The van der Waals surface area contributed by atoms with E-state index in [0.29, 0.717) is 4.91 Å². The summed E-state index contributed by atoms with van der Waals surface area (Å²) in [7, 11) is -3.41. The number of carboxylic acid groups (broad SMARTS) is 1. The predicted molar refractivity (Wildman–Crippen MR) is 108 cm³/mol. The van der Waals surface area contributed by atoms with Crippen molar-refractivity contribution in [1.29, 1.82) is 0 Å². The molecule has 168 valence electrons. The van der Waals surface area contributed by atoms with Gasteiger partial charge in [0.2, 0.25) is 10.0 Å². The Hall–Kier alpha value is -1.91. The van der Waals surface area contributed by atoms with Gasteiger partial charge in [-0.3, -0.25) is 0 Å². The Bertz CT molecular complexity index is 888. The number of hydrogen-bond acceptors (Lipinski definition) is 4. The van der Waals surface area contributed by atoms with Crippen LogP contribution in [0.25, 0.3) is 4.91 Å². The van der Waals surface area contributed by atoms with Crippen molar-refractivity contribution in [2.24, 2.45) is 0 Å². The molecule has 2 aliphatic rings. The van der Waals surface area contributed by atoms with E-state index in [-0.39, 0.29) is 5.54 Å². The number of alkyl halides is 3. The van der Waals surface area contributed by atoms with Gasteiger partial charge in [0.05, 0.1) is 10.4 Å². The highest BCUT2D eigenvalue weighted by Crippen LogP contribution is 2.45. The minimum atomic E-state index is -5.08. The summed E-state index contributed by atoms with van der Waals surface area (Å²) in [6.45, 7) is 5.80. The van der Waals surface area contributed by atoms with E-state index in [9.17, 15) is 21.6 Å². The third-order valence-electron chi connectivity index (χ3n) is 5.40. The van der Waals surface area contributed by atoms with Gasteiger partial charge in [-0.15, -0.1) is 0 Å². The second kappa shape index (κ2) is 9.49. The van der Waals surface area contributed by atoms with Crippen LogP contribution in [0.5, 0.6) is 0 Å². The molecule has 0 bridgehead atoms. The van der Waals surface area contributed by atoms with Crippen LogP contribution in [0, 0.1) is 0 Å². The van der Waals surface area contributed by atoms with Crippen LogP contribution < -0.4 is 10.0 Å². The van der Waals surface area contributed by atoms with Crippen LogP contribution in [0.15, 0.2) is 29.8 Å². The van der Waals surface area contributed by atoms with E-state index in [1.807, 2.05) is 31.2 Å². The average molecular weight is 449 g/mol. The molecule has 6 nitrogen and oxygen atoms in total. The van der Waals surface area contributed by atoms with E-state index in [1.54, 1.807) is 0 Å². The molecule has 0 saturated heterocycles. The maximum atomic E-state index is 12.7. The molecule has 1 aromatic rings. The first-order valence-electron chi connectivity index (χ1n) is 9.78. The normalized spacial score (nSPS) is 20.0. The molecule has 3 rings (SSSR count). The molecular formula is C20H27F3N2O4S. The van der Waals surface area contributed by atoms with Crippen LogP contribution in [0.3, 0.4) is 0 Å². The van der Waals surface area contributed by atoms with Crippen LogP contribution in [-0.4, -0.2) is 37.8 Å². The highest BCUT2D eigenvalue weighted by molar-refractivity contribution is 7.99. The molecule has 0 aromatic heterocycles. The van der Waals surface area contributed by atoms with Crippen molar-refractivity contribution in [3.63, 3.8) is 0 Å². The SMILES string of the molecule is CCNCc1ccc(C2=C(C)C3(CCCCC3)NS2(=O)=O)cc1.O=C(O)C(F)(F)F. The first kappa shape index (κ1) is 24.4. The molecule has 1 aliphatic carbocycles. The number of benzene rings is 1. The summed E-state index contributed by atoms with van der Waals surface area (Å²) in [6, 6.07) is 7.90. The van der Waals surface area contributed by atoms with Crippen LogP contribution in [0.1, 0.15) is 57.1 Å². The largest absolute Gasteiger partial charge is 0.490 e. The molecule has 1 spiro atoms. The topological polar surface area (TPSA) is 95.5 Å². The molecule has 1 fully saturated rings. The van der Waals surface area contributed by atoms with Gasteiger partial charge in [0.15, 0.2) is 0 Å². The zero-order chi connectivity index (χ0) is 22.6. The number of hydrogen-bond donors (Lipinski definition) is 3. The zero-order valence-electron chi connectivity index (χ0n) is 17.0. The lowest BCUT2D eigenvalue weighted by molar-refractivity contribution is -0.192. The van der Waals surface area contributed by atoms with Crippen molar-refractivity contribution in [1.82, 2.24) is 10.0 Å². The highest BCUT2D eigenvalue weighted by atomic mass is 32.2. The fourth-order valence-corrected chi connectivity index (χ4v) is 5.87. The van der Waals surface area contributed by atoms with E-state index in [1.165, 1.54) is 12.0 Å². The third-order valence-corrected chi connectivity index (χ3v) is 7.14. The maximum Gasteiger partial charge on any atom is 0.490 e. The smallest absolute Gasteiger partial charge is 0.475 e. The lowest BCUT2D eigenvalue weighted by Gasteiger charge is -2.34. The highest BCUT2D eigenvalue weighted by Gasteiger charge is 2.47. The van der Waals surface area contributed by atoms with Crippen LogP contribution in [0.4, 0.5) is 13.2 Å². The summed E-state index contributed by atoms with van der Waals surface area (Å²) < 4.78 is 60.2. The second-order valence-corrected chi connectivity index (χ2v) is 9.10. The second-order valence-electron chi connectivity index (χ2n) is 7.48. The monoisotopic (exact) mass is 448 g/mol. The van der Waals surface area contributed by atoms with E-state index in [2.05, 4.69) is 17.0 Å². The van der Waals surface area contributed by atoms with Gasteiger partial charge in [-0.2, -0.15) is 13.2 Å². The third kappa shape index (κ3) is 5.61. The molecule has 0 radical (unpaired) electrons. The van der Waals surface area contributed by atoms with Crippen molar-refractivity contribution >= 4 is 20.9 Å². The molecule has 0 unspecified atom stereocenters. The Morgan fingerprint density at radius 1 is 1.17 bits per heavy atom. The van der Waals surface area contributed by atoms with Crippen LogP contribution in [0.2, 0.25) is 0 Å². The van der Waals surface area contributed by atoms with Gasteiger partial charge in [-0.1, -0.05) is 50.5 Å². The summed E-state index contributed by atoms with van der Waals surface area (Å²) in [5.41, 5.74) is 2.63. The Morgan fingerprint density at radius 3 is 2.17 bits per heavy atom. The number of sulfonamides is 1. The van der Waals surface area contributed by atoms with Crippen LogP contribution in [-0.2, 0) is 21.4 Å². The van der Waals surface area contributed by atoms with Gasteiger partial charge in [0.1, 0.15) is 0 Å². The fraction of sp³-hybridized carbons (Fsp3) is 0.550. The van der Waals surface area contributed by atoms with Crippen molar-refractivity contribution in [3.8, 4) is 0 Å². The van der Waals surface area contributed by atoms with Gasteiger partial charge in [0.25, 0.3) is 0 Å². The quantitative estimate of drug-likeness (QED) is 0.651. The average Bonchev–Trinajstić information content (AvgIpc) is 2.86. The molecular weight excluding hydrogens is 421 g/mol. The van der Waals surface area contributed by atoms with Gasteiger partial charge in [0, 0.05) is 6.54 Å². The van der Waals surface area contributed by atoms with E-state index in [4.69, 9.17) is 9.90 Å². The van der Waals surface area contributed by atoms with Crippen molar-refractivity contribution < 1.29 is 31.5 Å². The van der Waals surface area contributed by atoms with Crippen molar-refractivity contribution in [2.75, 3.05) is 6.54 Å². The maximum absolute atomic E-state index is 12.7. The number of nitrogens with one attached hydrogen (secondary N) is 2. The number of halogens is 3. The minimum absolute atomic E-state index is 0.338. The standard InChI is InChI=1S/C18H26N2O2S.C2HF3O2/c1-3-19-13-15-7-9-16(10-8-15)17-14(2)18(20-23(17,21)22)11-5-4-6-12-18;3-2(4,5)1(6)7/h7-10,19-20H,3-6,11-13H2,1-2H3;(H,6,7). The number of aliphatic carboxylic acids is 1. The molecule has 1 saturated carbocycles. The lowest BCUT2D eigenvalue weighted by atomic mass is 9.77. The van der Waals surface area contributed by atoms with E-state index >= 15 is 0 Å². The minimum Gasteiger partial charge on any atom is -0.475 e. The molecule has 1 heterocycles. The number of carbonyl (C=O) groups is 1. The number of rotatable bonds is 4. The first-order chi connectivity index (χ1) is 13.9. The summed E-state index contributed by atoms with van der Waals surface area (Å²) in [5.74, 6) is -2.76. The summed E-state index contributed by atoms with van der Waals surface area (Å²) >= 11 is 0. The van der Waals surface area contributed by atoms with E-state index in [0.717, 1.165) is 49.9 Å². The molecule has 10 heteroatoms. The van der Waals surface area contributed by atoms with Crippen molar-refractivity contribution in [2.45, 2.75) is 64.2 Å². The zero-order valence-corrected chi connectivity index (χ0v) is 17.8. The Labute approximate surface area is 174 Å². The summed E-state index contributed by atoms with van der Waals surface area (Å²) in [5, 5.41) is 10.4. The molecule has 0 amide bonds. The molecule has 3 N–H and O–H groups in total. The van der Waals surface area contributed by atoms with Crippen molar-refractivity contribution in [3.05, 3.63) is 41.0 Å². The first-order valence-corrected chi connectivity index (χ1v) is 11.3. The number of carboxylic acids is 1. The molecule has 1 aliphatic heterocycles. The Kier molecular flexibility index (Phi) is 7.70. The Balaban J connectivity index is 0.000000396. The van der Waals surface area contributed by atoms with Gasteiger partial charge >= 0.3 is 12.1 Å². The lowest BCUT2D eigenvalue weighted by Crippen LogP contribution is -2.45. The Morgan fingerprint density at radius 2 is 1.70 bits per heavy atom. The predicted octanol–water partition coefficient (Wildman–Crippen LogP) is 3.80. The molecule has 30 heavy (non-hydrogen) atoms. The fourth-order valence-electron chi connectivity index (χ4n) is 3.85. The molecule has 0 atom stereocenters. The van der Waals surface area contributed by atoms with Gasteiger partial charge in [-0.25, -0.2) is 17.9 Å². The van der Waals surface area contributed by atoms with E-state index < -0.39 is 22.2 Å². The van der Waals surface area contributed by atoms with Gasteiger partial charge in [-0.05, 0) is 43.0 Å². The van der Waals surface area contributed by atoms with Gasteiger partial charge < -0.3 is 10.4 Å². The van der Waals surface area contributed by atoms with Crippen LogP contribution >= 0.6 is 0 Å². The molecule has 1 aromatic carbocycles. The summed E-state index contributed by atoms with van der Waals surface area (Å²) in [4.78, 5) is 9.39.